The van der Waals surface area contributed by atoms with Crippen molar-refractivity contribution >= 4 is 18.3 Å². The van der Waals surface area contributed by atoms with Crippen molar-refractivity contribution in [3.63, 3.8) is 0 Å². The van der Waals surface area contributed by atoms with Crippen molar-refractivity contribution in [3.8, 4) is 17.2 Å². The Kier molecular flexibility index (Phi) is 8.51. The van der Waals surface area contributed by atoms with Crippen LogP contribution in [0.5, 0.6) is 17.2 Å². The van der Waals surface area contributed by atoms with Crippen molar-refractivity contribution in [1.82, 2.24) is 5.32 Å². The van der Waals surface area contributed by atoms with Gasteiger partial charge in [0.05, 0.1) is 21.3 Å². The number of carbonyl (C=O) groups is 1. The van der Waals surface area contributed by atoms with Crippen LogP contribution in [0.1, 0.15) is 12.0 Å². The molecule has 6 nitrogen and oxygen atoms in total. The van der Waals surface area contributed by atoms with Crippen LogP contribution in [-0.2, 0) is 11.3 Å². The molecule has 1 aromatic carbocycles. The smallest absolute Gasteiger partial charge is 0.221 e. The van der Waals surface area contributed by atoms with Gasteiger partial charge < -0.3 is 25.3 Å². The Labute approximate surface area is 125 Å². The molecular formula is C13H21ClN2O4. The maximum absolute atomic E-state index is 11.4. The number of hydrogen-bond acceptors (Lipinski definition) is 5. The molecule has 0 aliphatic carbocycles. The SMILES string of the molecule is COc1ccc(CNC(=O)CCN)c(OC)c1OC.Cl. The number of halogens is 1. The highest BCUT2D eigenvalue weighted by molar-refractivity contribution is 5.85. The average Bonchev–Trinajstić information content (AvgIpc) is 2.43. The Morgan fingerprint density at radius 2 is 1.80 bits per heavy atom. The van der Waals surface area contributed by atoms with Crippen LogP contribution in [0.25, 0.3) is 0 Å². The summed E-state index contributed by atoms with van der Waals surface area (Å²) >= 11 is 0. The van der Waals surface area contributed by atoms with Crippen LogP contribution in [0.3, 0.4) is 0 Å². The zero-order chi connectivity index (χ0) is 14.3. The summed E-state index contributed by atoms with van der Waals surface area (Å²) in [7, 11) is 4.64. The lowest BCUT2D eigenvalue weighted by Gasteiger charge is -2.16. The predicted molar refractivity (Wildman–Crippen MR) is 78.9 cm³/mol. The van der Waals surface area contributed by atoms with Gasteiger partial charge in [-0.2, -0.15) is 0 Å². The molecule has 1 aromatic rings. The molecule has 0 aromatic heterocycles. The number of amides is 1. The van der Waals surface area contributed by atoms with E-state index in [0.29, 0.717) is 36.8 Å². The molecule has 7 heteroatoms. The fourth-order valence-electron chi connectivity index (χ4n) is 1.72. The summed E-state index contributed by atoms with van der Waals surface area (Å²) in [5.41, 5.74) is 6.13. The predicted octanol–water partition coefficient (Wildman–Crippen LogP) is 1.10. The highest BCUT2D eigenvalue weighted by atomic mass is 35.5. The third kappa shape index (κ3) is 4.47. The zero-order valence-electron chi connectivity index (χ0n) is 11.9. The number of carbonyl (C=O) groups excluding carboxylic acids is 1. The van der Waals surface area contributed by atoms with Gasteiger partial charge in [0, 0.05) is 25.1 Å². The molecule has 0 saturated carbocycles. The molecule has 0 aliphatic rings. The second-order valence-electron chi connectivity index (χ2n) is 3.81. The monoisotopic (exact) mass is 304 g/mol. The van der Waals surface area contributed by atoms with Gasteiger partial charge in [-0.25, -0.2) is 0 Å². The second-order valence-corrected chi connectivity index (χ2v) is 3.81. The van der Waals surface area contributed by atoms with Gasteiger partial charge in [-0.15, -0.1) is 12.4 Å². The zero-order valence-corrected chi connectivity index (χ0v) is 12.7. The van der Waals surface area contributed by atoms with Crippen molar-refractivity contribution in [3.05, 3.63) is 17.7 Å². The molecule has 0 saturated heterocycles. The lowest BCUT2D eigenvalue weighted by atomic mass is 10.1. The summed E-state index contributed by atoms with van der Waals surface area (Å²) in [6.07, 6.45) is 0.301. The second kappa shape index (κ2) is 9.28. The van der Waals surface area contributed by atoms with E-state index < -0.39 is 0 Å². The van der Waals surface area contributed by atoms with Crippen LogP contribution in [0.2, 0.25) is 0 Å². The Balaban J connectivity index is 0.00000361. The molecule has 0 radical (unpaired) electrons. The van der Waals surface area contributed by atoms with Gasteiger partial charge in [-0.3, -0.25) is 4.79 Å². The number of nitrogens with one attached hydrogen (secondary N) is 1. The topological polar surface area (TPSA) is 82.8 Å². The van der Waals surface area contributed by atoms with E-state index in [2.05, 4.69) is 5.32 Å². The number of rotatable bonds is 7. The number of ether oxygens (including phenoxy) is 3. The normalized spacial score (nSPS) is 9.40. The van der Waals surface area contributed by atoms with Gasteiger partial charge in [0.2, 0.25) is 11.7 Å². The van der Waals surface area contributed by atoms with E-state index in [-0.39, 0.29) is 18.3 Å². The lowest BCUT2D eigenvalue weighted by molar-refractivity contribution is -0.121. The fraction of sp³-hybridized carbons (Fsp3) is 0.462. The number of hydrogen-bond donors (Lipinski definition) is 2. The molecule has 0 atom stereocenters. The summed E-state index contributed by atoms with van der Waals surface area (Å²) in [5.74, 6) is 1.54. The van der Waals surface area contributed by atoms with Gasteiger partial charge in [-0.05, 0) is 12.1 Å². The number of nitrogens with two attached hydrogens (primary N) is 1. The summed E-state index contributed by atoms with van der Waals surface area (Å²) in [4.78, 5) is 11.4. The molecule has 20 heavy (non-hydrogen) atoms. The van der Waals surface area contributed by atoms with Crippen molar-refractivity contribution in [2.24, 2.45) is 5.73 Å². The quantitative estimate of drug-likeness (QED) is 0.788. The summed E-state index contributed by atoms with van der Waals surface area (Å²) in [6, 6.07) is 3.59. The number of methoxy groups -OCH3 is 3. The Bertz CT molecular complexity index is 441. The molecule has 0 fully saturated rings. The van der Waals surface area contributed by atoms with Gasteiger partial charge in [0.15, 0.2) is 11.5 Å². The minimum Gasteiger partial charge on any atom is -0.493 e. The Morgan fingerprint density at radius 3 is 2.30 bits per heavy atom. The summed E-state index contributed by atoms with van der Waals surface area (Å²) < 4.78 is 15.8. The molecule has 0 aliphatic heterocycles. The summed E-state index contributed by atoms with van der Waals surface area (Å²) in [6.45, 7) is 0.678. The minimum atomic E-state index is -0.0978. The van der Waals surface area contributed by atoms with Gasteiger partial charge in [0.25, 0.3) is 0 Å². The molecule has 0 heterocycles. The third-order valence-corrected chi connectivity index (χ3v) is 2.63. The minimum absolute atomic E-state index is 0. The molecule has 0 unspecified atom stereocenters. The average molecular weight is 305 g/mol. The van der Waals surface area contributed by atoms with Crippen molar-refractivity contribution in [1.29, 1.82) is 0 Å². The Hall–Kier alpha value is -1.66. The first-order chi connectivity index (χ1) is 9.17. The van der Waals surface area contributed by atoms with E-state index >= 15 is 0 Å². The maximum Gasteiger partial charge on any atom is 0.221 e. The van der Waals surface area contributed by atoms with E-state index in [9.17, 15) is 4.79 Å². The molecule has 1 rings (SSSR count). The lowest BCUT2D eigenvalue weighted by Crippen LogP contribution is -2.25. The Morgan fingerprint density at radius 1 is 1.15 bits per heavy atom. The molecule has 3 N–H and O–H groups in total. The van der Waals surface area contributed by atoms with Crippen LogP contribution in [0, 0.1) is 0 Å². The first kappa shape index (κ1) is 18.3. The van der Waals surface area contributed by atoms with Crippen molar-refractivity contribution < 1.29 is 19.0 Å². The van der Waals surface area contributed by atoms with Crippen molar-refractivity contribution in [2.45, 2.75) is 13.0 Å². The maximum atomic E-state index is 11.4. The van der Waals surface area contributed by atoms with Crippen LogP contribution in [0.4, 0.5) is 0 Å². The molecule has 1 amide bonds. The standard InChI is InChI=1S/C13H20N2O4.ClH/c1-17-10-5-4-9(8-15-11(16)6-7-14)12(18-2)13(10)19-3;/h4-5H,6-8,14H2,1-3H3,(H,15,16);1H. The van der Waals surface area contributed by atoms with Crippen LogP contribution >= 0.6 is 12.4 Å². The van der Waals surface area contributed by atoms with Gasteiger partial charge >= 0.3 is 0 Å². The van der Waals surface area contributed by atoms with Gasteiger partial charge in [-0.1, -0.05) is 0 Å². The van der Waals surface area contributed by atoms with E-state index in [0.717, 1.165) is 5.56 Å². The third-order valence-electron chi connectivity index (χ3n) is 2.63. The van der Waals surface area contributed by atoms with Crippen LogP contribution in [0.15, 0.2) is 12.1 Å². The first-order valence-electron chi connectivity index (χ1n) is 5.92. The molecular weight excluding hydrogens is 284 g/mol. The van der Waals surface area contributed by atoms with E-state index in [1.54, 1.807) is 20.3 Å². The van der Waals surface area contributed by atoms with Crippen LogP contribution < -0.4 is 25.3 Å². The highest BCUT2D eigenvalue weighted by Crippen LogP contribution is 2.39. The fourth-order valence-corrected chi connectivity index (χ4v) is 1.72. The molecule has 114 valence electrons. The highest BCUT2D eigenvalue weighted by Gasteiger charge is 2.15. The largest absolute Gasteiger partial charge is 0.493 e. The van der Waals surface area contributed by atoms with Gasteiger partial charge in [0.1, 0.15) is 0 Å². The van der Waals surface area contributed by atoms with E-state index in [1.165, 1.54) is 7.11 Å². The van der Waals surface area contributed by atoms with E-state index in [1.807, 2.05) is 6.07 Å². The van der Waals surface area contributed by atoms with E-state index in [4.69, 9.17) is 19.9 Å². The molecule has 0 spiro atoms. The first-order valence-corrected chi connectivity index (χ1v) is 5.92. The molecule has 0 bridgehead atoms. The summed E-state index contributed by atoms with van der Waals surface area (Å²) in [5, 5.41) is 2.77. The van der Waals surface area contributed by atoms with Crippen molar-refractivity contribution in [2.75, 3.05) is 27.9 Å². The van der Waals surface area contributed by atoms with Crippen LogP contribution in [-0.4, -0.2) is 33.8 Å². The number of benzene rings is 1.